The maximum absolute atomic E-state index is 13.7. The van der Waals surface area contributed by atoms with Gasteiger partial charge < -0.3 is 25.4 Å². The minimum atomic E-state index is -1.88. The number of carbonyl (C=O) groups is 2. The second-order valence-electron chi connectivity index (χ2n) is 12.4. The molecule has 11 heteroatoms. The van der Waals surface area contributed by atoms with E-state index in [2.05, 4.69) is 39.2 Å². The van der Waals surface area contributed by atoms with Crippen LogP contribution in [0.4, 0.5) is 4.39 Å². The summed E-state index contributed by atoms with van der Waals surface area (Å²) < 4.78 is 26.7. The number of rotatable bonds is 9. The molecule has 1 saturated carbocycles. The lowest BCUT2D eigenvalue weighted by atomic mass is 9.87. The minimum Gasteiger partial charge on any atom is -0.496 e. The van der Waals surface area contributed by atoms with Crippen molar-refractivity contribution in [2.24, 2.45) is 0 Å². The molecule has 0 spiro atoms. The topological polar surface area (TPSA) is 129 Å². The summed E-state index contributed by atoms with van der Waals surface area (Å²) in [6, 6.07) is 10.8. The van der Waals surface area contributed by atoms with E-state index in [0.29, 0.717) is 17.1 Å². The fraction of sp³-hybridized carbons (Fsp3) is 0.452. The molecule has 0 aliphatic heterocycles. The molecule has 1 fully saturated rings. The molecule has 3 aromatic rings. The highest BCUT2D eigenvalue weighted by Gasteiger charge is 2.40. The first kappa shape index (κ1) is 31.2. The zero-order chi connectivity index (χ0) is 30.8. The molecule has 0 saturated heterocycles. The Bertz CT molecular complexity index is 1440. The summed E-state index contributed by atoms with van der Waals surface area (Å²) in [6.45, 7) is 11.4. The largest absolute Gasteiger partial charge is 0.496 e. The number of halogens is 1. The van der Waals surface area contributed by atoms with E-state index in [0.717, 1.165) is 37.3 Å². The van der Waals surface area contributed by atoms with E-state index in [1.807, 2.05) is 0 Å². The van der Waals surface area contributed by atoms with E-state index in [9.17, 15) is 19.1 Å². The minimum absolute atomic E-state index is 0.0374. The molecule has 226 valence electrons. The summed E-state index contributed by atoms with van der Waals surface area (Å²) in [5.41, 5.74) is 1.71. The van der Waals surface area contributed by atoms with Gasteiger partial charge in [0.05, 0.1) is 12.7 Å². The molecule has 9 nitrogen and oxygen atoms in total. The molecule has 1 amide bonds. The molecule has 2 aromatic carbocycles. The summed E-state index contributed by atoms with van der Waals surface area (Å²) in [5, 5.41) is 12.9. The number of methoxy groups -OCH3 is 1. The average molecular weight is 597 g/mol. The van der Waals surface area contributed by atoms with Gasteiger partial charge in [0.2, 0.25) is 0 Å². The highest BCUT2D eigenvalue weighted by molar-refractivity contribution is 6.74. The van der Waals surface area contributed by atoms with Crippen LogP contribution >= 0.6 is 0 Å². The monoisotopic (exact) mass is 596 g/mol. The third-order valence-corrected chi connectivity index (χ3v) is 13.1. The summed E-state index contributed by atoms with van der Waals surface area (Å²) in [6.07, 6.45) is 3.59. The Morgan fingerprint density at radius 3 is 2.33 bits per heavy atom. The van der Waals surface area contributed by atoms with Crippen molar-refractivity contribution in [2.75, 3.05) is 13.0 Å². The van der Waals surface area contributed by atoms with Gasteiger partial charge in [-0.05, 0) is 67.6 Å². The Labute approximate surface area is 247 Å². The number of amides is 1. The number of carbonyl (C=O) groups excluding carboxylic acids is 1. The van der Waals surface area contributed by atoms with Crippen LogP contribution in [0.3, 0.4) is 0 Å². The van der Waals surface area contributed by atoms with Crippen molar-refractivity contribution < 1.29 is 28.2 Å². The number of hydrogen-bond donors (Lipinski definition) is 3. The van der Waals surface area contributed by atoms with Crippen LogP contribution in [0.2, 0.25) is 18.1 Å². The van der Waals surface area contributed by atoms with Crippen molar-refractivity contribution in [1.29, 1.82) is 0 Å². The second-order valence-corrected chi connectivity index (χ2v) is 17.2. The van der Waals surface area contributed by atoms with Gasteiger partial charge in [0.15, 0.2) is 14.0 Å². The van der Waals surface area contributed by atoms with Crippen molar-refractivity contribution in [2.45, 2.75) is 83.2 Å². The Balaban J connectivity index is 1.46. The lowest BCUT2D eigenvalue weighted by Crippen LogP contribution is -2.44. The van der Waals surface area contributed by atoms with E-state index in [1.54, 1.807) is 24.3 Å². The van der Waals surface area contributed by atoms with Gasteiger partial charge in [0.25, 0.3) is 5.91 Å². The molecule has 4 N–H and O–H groups in total. The van der Waals surface area contributed by atoms with Crippen molar-refractivity contribution in [3.05, 3.63) is 70.9 Å². The van der Waals surface area contributed by atoms with Crippen LogP contribution in [0.15, 0.2) is 42.5 Å². The molecular formula is C31H41FN4O5Si. The van der Waals surface area contributed by atoms with Gasteiger partial charge in [0, 0.05) is 24.1 Å². The number of benzene rings is 2. The molecule has 42 heavy (non-hydrogen) atoms. The fourth-order valence-electron chi connectivity index (χ4n) is 5.09. The zero-order valence-electron chi connectivity index (χ0n) is 25.2. The molecule has 0 bridgehead atoms. The van der Waals surface area contributed by atoms with Gasteiger partial charge in [-0.1, -0.05) is 45.0 Å². The summed E-state index contributed by atoms with van der Waals surface area (Å²) in [4.78, 5) is 29.6. The van der Waals surface area contributed by atoms with Crippen LogP contribution in [0, 0.1) is 5.82 Å². The standard InChI is InChI=1S/C31H41FN4O5Si/c1-31(2,3)42(5,6)41-23-14-11-21(12-15-23)28-35-26(27(30(38)39)36(28)33)20-9-7-19(8-10-20)18-34-29(37)24-17-22(32)13-16-25(24)40-4/h7-10,13,16-17,21,23H,11-12,14-15,18,33H2,1-6H3,(H,34,37)(H,38,39)/t21-,23+. The first-order valence-corrected chi connectivity index (χ1v) is 17.1. The van der Waals surface area contributed by atoms with E-state index >= 15 is 0 Å². The molecular weight excluding hydrogens is 555 g/mol. The SMILES string of the molecule is COc1ccc(F)cc1C(=O)NCc1ccc(-c2nc([C@H]3CC[C@@H](O[Si](C)(C)C(C)(C)C)CC3)n(N)c2C(=O)O)cc1. The predicted molar refractivity (Wildman–Crippen MR) is 162 cm³/mol. The summed E-state index contributed by atoms with van der Waals surface area (Å²) in [5.74, 6) is 5.05. The van der Waals surface area contributed by atoms with Gasteiger partial charge in [0.1, 0.15) is 23.1 Å². The lowest BCUT2D eigenvalue weighted by Gasteiger charge is -2.41. The maximum Gasteiger partial charge on any atom is 0.356 e. The van der Waals surface area contributed by atoms with Gasteiger partial charge in [-0.25, -0.2) is 18.8 Å². The Morgan fingerprint density at radius 1 is 1.12 bits per heavy atom. The second kappa shape index (κ2) is 12.3. The predicted octanol–water partition coefficient (Wildman–Crippen LogP) is 6.09. The number of nitrogens with zero attached hydrogens (tertiary/aromatic N) is 2. The number of carboxylic acids is 1. The van der Waals surface area contributed by atoms with Crippen molar-refractivity contribution in [1.82, 2.24) is 15.0 Å². The zero-order valence-corrected chi connectivity index (χ0v) is 26.2. The number of hydrogen-bond acceptors (Lipinski definition) is 6. The Kier molecular flexibility index (Phi) is 9.12. The number of aromatic carboxylic acids is 1. The maximum atomic E-state index is 13.7. The number of nitrogen functional groups attached to an aromatic ring is 1. The first-order chi connectivity index (χ1) is 19.7. The smallest absolute Gasteiger partial charge is 0.356 e. The van der Waals surface area contributed by atoms with Crippen LogP contribution < -0.4 is 15.9 Å². The number of aromatic nitrogens is 2. The quantitative estimate of drug-likeness (QED) is 0.201. The summed E-state index contributed by atoms with van der Waals surface area (Å²) >= 11 is 0. The Hall–Kier alpha value is -3.70. The normalized spacial score (nSPS) is 17.6. The van der Waals surface area contributed by atoms with Crippen LogP contribution in [0.1, 0.15) is 84.6 Å². The average Bonchev–Trinajstić information content (AvgIpc) is 3.28. The van der Waals surface area contributed by atoms with Crippen molar-refractivity contribution in [3.63, 3.8) is 0 Å². The fourth-order valence-corrected chi connectivity index (χ4v) is 6.51. The van der Waals surface area contributed by atoms with Gasteiger partial charge in [-0.15, -0.1) is 0 Å². The molecule has 4 rings (SSSR count). The third kappa shape index (κ3) is 6.68. The lowest BCUT2D eigenvalue weighted by molar-refractivity contribution is 0.0687. The number of nitrogens with two attached hydrogens (primary N) is 1. The highest BCUT2D eigenvalue weighted by atomic mass is 28.4. The molecule has 1 heterocycles. The number of carboxylic acid groups (broad SMARTS) is 1. The summed E-state index contributed by atoms with van der Waals surface area (Å²) in [7, 11) is -0.462. The van der Waals surface area contributed by atoms with E-state index < -0.39 is 26.0 Å². The van der Waals surface area contributed by atoms with E-state index in [1.165, 1.54) is 23.9 Å². The molecule has 1 aliphatic rings. The van der Waals surface area contributed by atoms with Gasteiger partial charge >= 0.3 is 5.97 Å². The first-order valence-electron chi connectivity index (χ1n) is 14.2. The van der Waals surface area contributed by atoms with Crippen molar-refractivity contribution >= 4 is 20.2 Å². The molecule has 0 unspecified atom stereocenters. The molecule has 1 aromatic heterocycles. The van der Waals surface area contributed by atoms with E-state index in [4.69, 9.17) is 20.0 Å². The third-order valence-electron chi connectivity index (χ3n) is 8.53. The van der Waals surface area contributed by atoms with Gasteiger partial charge in [-0.2, -0.15) is 0 Å². The van der Waals surface area contributed by atoms with Crippen LogP contribution in [0.25, 0.3) is 11.3 Å². The van der Waals surface area contributed by atoms with Crippen LogP contribution in [-0.4, -0.2) is 48.2 Å². The molecule has 1 aliphatic carbocycles. The van der Waals surface area contributed by atoms with Crippen LogP contribution in [-0.2, 0) is 11.0 Å². The molecule has 0 atom stereocenters. The highest BCUT2D eigenvalue weighted by Crippen LogP contribution is 2.41. The number of ether oxygens (including phenoxy) is 1. The Morgan fingerprint density at radius 2 is 1.76 bits per heavy atom. The van der Waals surface area contributed by atoms with Gasteiger partial charge in [-0.3, -0.25) is 4.79 Å². The number of imidazole rings is 1. The van der Waals surface area contributed by atoms with Crippen molar-refractivity contribution in [3.8, 4) is 17.0 Å². The molecule has 0 radical (unpaired) electrons. The van der Waals surface area contributed by atoms with E-state index in [-0.39, 0.29) is 40.6 Å². The number of nitrogens with one attached hydrogen (secondary N) is 1. The van der Waals surface area contributed by atoms with Crippen LogP contribution in [0.5, 0.6) is 5.75 Å².